The number of carbonyl (C=O) groups excluding carboxylic acids is 2. The van der Waals surface area contributed by atoms with Gasteiger partial charge in [-0.05, 0) is 25.0 Å². The number of anilines is 1. The van der Waals surface area contributed by atoms with Crippen LogP contribution in [-0.4, -0.2) is 47.6 Å². The molecule has 0 radical (unpaired) electrons. The molecule has 1 aliphatic rings. The molecule has 2 heterocycles. The molecular weight excluding hydrogens is 372 g/mol. The van der Waals surface area contributed by atoms with E-state index in [2.05, 4.69) is 14.9 Å². The molecule has 27 heavy (non-hydrogen) atoms. The predicted octanol–water partition coefficient (Wildman–Crippen LogP) is 1.25. The van der Waals surface area contributed by atoms with Crippen LogP contribution < -0.4 is 4.72 Å². The van der Waals surface area contributed by atoms with Crippen LogP contribution in [0, 0.1) is 6.92 Å². The monoisotopic (exact) mass is 392 g/mol. The van der Waals surface area contributed by atoms with Crippen molar-refractivity contribution in [3.8, 4) is 0 Å². The van der Waals surface area contributed by atoms with E-state index in [9.17, 15) is 18.0 Å². The van der Waals surface area contributed by atoms with Gasteiger partial charge in [0.2, 0.25) is 27.7 Å². The molecular formula is C17H20N4O5S. The number of aryl methyl sites for hydroxylation is 1. The van der Waals surface area contributed by atoms with Crippen molar-refractivity contribution in [2.45, 2.75) is 32.6 Å². The summed E-state index contributed by atoms with van der Waals surface area (Å²) in [5.41, 5.74) is 1.07. The van der Waals surface area contributed by atoms with Crippen LogP contribution in [0.5, 0.6) is 0 Å². The molecule has 1 fully saturated rings. The minimum Gasteiger partial charge on any atom is -0.339 e. The van der Waals surface area contributed by atoms with Gasteiger partial charge < -0.3 is 4.52 Å². The van der Waals surface area contributed by atoms with Gasteiger partial charge in [0.1, 0.15) is 0 Å². The number of para-hydroxylation sites is 1. The van der Waals surface area contributed by atoms with Crippen LogP contribution in [0.4, 0.5) is 5.69 Å². The maximum absolute atomic E-state index is 12.5. The van der Waals surface area contributed by atoms with Gasteiger partial charge in [0.05, 0.1) is 17.9 Å². The topological polar surface area (TPSA) is 122 Å². The lowest BCUT2D eigenvalue weighted by molar-refractivity contribution is -0.147. The average Bonchev–Trinajstić information content (AvgIpc) is 3.01. The minimum absolute atomic E-state index is 0.155. The standard InChI is InChI=1S/C17H20N4O5S/c1-12-18-15(26-19-12)11-13-5-2-3-6-14(13)20-27(24,25)10-9-21-16(22)7-4-8-17(21)23/h2-3,5-6,20H,4,7-11H2,1H3. The fraction of sp³-hybridized carbons (Fsp3) is 0.412. The number of amides is 2. The summed E-state index contributed by atoms with van der Waals surface area (Å²) >= 11 is 0. The lowest BCUT2D eigenvalue weighted by Crippen LogP contribution is -2.43. The molecule has 0 saturated carbocycles. The summed E-state index contributed by atoms with van der Waals surface area (Å²) in [7, 11) is -3.75. The van der Waals surface area contributed by atoms with Crippen molar-refractivity contribution in [1.82, 2.24) is 15.0 Å². The first-order valence-corrected chi connectivity index (χ1v) is 10.2. The van der Waals surface area contributed by atoms with Crippen LogP contribution in [0.25, 0.3) is 0 Å². The zero-order valence-corrected chi connectivity index (χ0v) is 15.7. The second-order valence-corrected chi connectivity index (χ2v) is 8.12. The molecule has 1 aromatic heterocycles. The number of sulfonamides is 1. The van der Waals surface area contributed by atoms with Crippen LogP contribution in [0.2, 0.25) is 0 Å². The predicted molar refractivity (Wildman–Crippen MR) is 96.3 cm³/mol. The Morgan fingerprint density at radius 1 is 1.19 bits per heavy atom. The van der Waals surface area contributed by atoms with Crippen LogP contribution in [0.1, 0.15) is 36.5 Å². The number of benzene rings is 1. The summed E-state index contributed by atoms with van der Waals surface area (Å²) in [5, 5.41) is 3.72. The summed E-state index contributed by atoms with van der Waals surface area (Å²) < 4.78 is 32.5. The Bertz CT molecular complexity index is 938. The molecule has 3 rings (SSSR count). The fourth-order valence-electron chi connectivity index (χ4n) is 2.83. The van der Waals surface area contributed by atoms with Crippen molar-refractivity contribution in [2.75, 3.05) is 17.0 Å². The number of likely N-dealkylation sites (tertiary alicyclic amines) is 1. The quantitative estimate of drug-likeness (QED) is 0.704. The summed E-state index contributed by atoms with van der Waals surface area (Å²) in [6.07, 6.45) is 1.33. The third kappa shape index (κ3) is 4.91. The highest BCUT2D eigenvalue weighted by Gasteiger charge is 2.27. The Kier molecular flexibility index (Phi) is 5.54. The van der Waals surface area contributed by atoms with E-state index in [0.717, 1.165) is 4.90 Å². The van der Waals surface area contributed by atoms with Gasteiger partial charge in [0.25, 0.3) is 0 Å². The lowest BCUT2D eigenvalue weighted by atomic mass is 10.1. The minimum atomic E-state index is -3.75. The largest absolute Gasteiger partial charge is 0.339 e. The van der Waals surface area contributed by atoms with Gasteiger partial charge in [-0.3, -0.25) is 19.2 Å². The summed E-state index contributed by atoms with van der Waals surface area (Å²) in [6, 6.07) is 6.88. The average molecular weight is 392 g/mol. The van der Waals surface area contributed by atoms with Gasteiger partial charge >= 0.3 is 0 Å². The van der Waals surface area contributed by atoms with E-state index in [-0.39, 0.29) is 43.4 Å². The first kappa shape index (κ1) is 19.0. The molecule has 0 bridgehead atoms. The van der Waals surface area contributed by atoms with Gasteiger partial charge in [0.15, 0.2) is 5.82 Å². The first-order valence-electron chi connectivity index (χ1n) is 8.55. The van der Waals surface area contributed by atoms with E-state index in [4.69, 9.17) is 4.52 Å². The Labute approximate surface area is 156 Å². The molecule has 1 N–H and O–H groups in total. The second kappa shape index (κ2) is 7.87. The van der Waals surface area contributed by atoms with Gasteiger partial charge in [-0.1, -0.05) is 23.4 Å². The fourth-order valence-corrected chi connectivity index (χ4v) is 3.89. The van der Waals surface area contributed by atoms with E-state index in [1.165, 1.54) is 0 Å². The Balaban J connectivity index is 1.68. The van der Waals surface area contributed by atoms with Gasteiger partial charge in [-0.25, -0.2) is 8.42 Å². The van der Waals surface area contributed by atoms with E-state index in [1.807, 2.05) is 0 Å². The number of carbonyl (C=O) groups is 2. The number of imide groups is 1. The highest BCUT2D eigenvalue weighted by atomic mass is 32.2. The molecule has 2 amide bonds. The molecule has 1 aromatic carbocycles. The van der Waals surface area contributed by atoms with Crippen LogP contribution >= 0.6 is 0 Å². The van der Waals surface area contributed by atoms with Crippen molar-refractivity contribution in [1.29, 1.82) is 0 Å². The first-order chi connectivity index (χ1) is 12.8. The van der Waals surface area contributed by atoms with Gasteiger partial charge in [-0.2, -0.15) is 4.98 Å². The zero-order chi connectivity index (χ0) is 19.4. The zero-order valence-electron chi connectivity index (χ0n) is 14.8. The second-order valence-electron chi connectivity index (χ2n) is 6.28. The van der Waals surface area contributed by atoms with Crippen molar-refractivity contribution in [3.63, 3.8) is 0 Å². The highest BCUT2D eigenvalue weighted by molar-refractivity contribution is 7.92. The van der Waals surface area contributed by atoms with Crippen molar-refractivity contribution < 1.29 is 22.5 Å². The Morgan fingerprint density at radius 3 is 2.56 bits per heavy atom. The van der Waals surface area contributed by atoms with E-state index < -0.39 is 10.0 Å². The SMILES string of the molecule is Cc1noc(Cc2ccccc2NS(=O)(=O)CCN2C(=O)CCCC2=O)n1. The van der Waals surface area contributed by atoms with E-state index >= 15 is 0 Å². The van der Waals surface area contributed by atoms with Gasteiger partial charge in [0, 0.05) is 19.4 Å². The highest BCUT2D eigenvalue weighted by Crippen LogP contribution is 2.20. The summed E-state index contributed by atoms with van der Waals surface area (Å²) in [5.74, 6) is -0.136. The van der Waals surface area contributed by atoms with Crippen LogP contribution in [0.15, 0.2) is 28.8 Å². The summed E-state index contributed by atoms with van der Waals surface area (Å²) in [4.78, 5) is 28.8. The van der Waals surface area contributed by atoms with Crippen LogP contribution in [0.3, 0.4) is 0 Å². The Morgan fingerprint density at radius 2 is 1.89 bits per heavy atom. The number of piperidine rings is 1. The van der Waals surface area contributed by atoms with Crippen LogP contribution in [-0.2, 0) is 26.0 Å². The van der Waals surface area contributed by atoms with E-state index in [0.29, 0.717) is 29.4 Å². The molecule has 0 aliphatic carbocycles. The Hall–Kier alpha value is -2.75. The maximum Gasteiger partial charge on any atom is 0.234 e. The maximum atomic E-state index is 12.5. The number of nitrogens with zero attached hydrogens (tertiary/aromatic N) is 3. The van der Waals surface area contributed by atoms with Crippen molar-refractivity contribution in [2.24, 2.45) is 0 Å². The molecule has 2 aromatic rings. The molecule has 0 atom stereocenters. The van der Waals surface area contributed by atoms with Gasteiger partial charge in [-0.15, -0.1) is 0 Å². The normalized spacial score (nSPS) is 15.2. The lowest BCUT2D eigenvalue weighted by Gasteiger charge is -2.24. The van der Waals surface area contributed by atoms with E-state index in [1.54, 1.807) is 31.2 Å². The number of rotatable bonds is 7. The number of nitrogens with one attached hydrogen (secondary N) is 1. The molecule has 0 spiro atoms. The number of aromatic nitrogens is 2. The molecule has 1 saturated heterocycles. The molecule has 144 valence electrons. The molecule has 10 heteroatoms. The number of hydrogen-bond acceptors (Lipinski definition) is 7. The summed E-state index contributed by atoms with van der Waals surface area (Å²) in [6.45, 7) is 1.54. The van der Waals surface area contributed by atoms with Crippen molar-refractivity contribution in [3.05, 3.63) is 41.5 Å². The molecule has 9 nitrogen and oxygen atoms in total. The molecule has 1 aliphatic heterocycles. The molecule has 0 unspecified atom stereocenters. The smallest absolute Gasteiger partial charge is 0.234 e. The third-order valence-electron chi connectivity index (χ3n) is 4.16. The third-order valence-corrected chi connectivity index (χ3v) is 5.41. The van der Waals surface area contributed by atoms with Crippen molar-refractivity contribution >= 4 is 27.5 Å². The number of hydrogen-bond donors (Lipinski definition) is 1.